The summed E-state index contributed by atoms with van der Waals surface area (Å²) in [6, 6.07) is 27.7. The molecule has 0 aliphatic carbocycles. The molecule has 2 unspecified atom stereocenters. The van der Waals surface area contributed by atoms with Crippen LogP contribution in [0.25, 0.3) is 10.9 Å². The van der Waals surface area contributed by atoms with E-state index in [0.717, 1.165) is 39.8 Å². The summed E-state index contributed by atoms with van der Waals surface area (Å²) in [5, 5.41) is 4.31. The van der Waals surface area contributed by atoms with Gasteiger partial charge in [-0.1, -0.05) is 60.7 Å². The lowest BCUT2D eigenvalue weighted by Gasteiger charge is -2.31. The number of nitrogens with one attached hydrogen (secondary N) is 1. The van der Waals surface area contributed by atoms with Crippen LogP contribution in [0.15, 0.2) is 84.9 Å². The molecule has 160 valence electrons. The van der Waals surface area contributed by atoms with Gasteiger partial charge in [0.25, 0.3) is 0 Å². The molecule has 1 saturated heterocycles. The molecule has 1 fully saturated rings. The third-order valence-corrected chi connectivity index (χ3v) is 5.69. The number of carbonyl (C=O) groups excluding carboxylic acids is 1. The van der Waals surface area contributed by atoms with E-state index in [1.54, 1.807) is 0 Å². The first-order valence-electron chi connectivity index (χ1n) is 10.8. The van der Waals surface area contributed by atoms with Crippen molar-refractivity contribution in [2.75, 3.05) is 13.1 Å². The van der Waals surface area contributed by atoms with Crippen molar-refractivity contribution in [2.24, 2.45) is 0 Å². The Morgan fingerprint density at radius 3 is 2.62 bits per heavy atom. The first-order chi connectivity index (χ1) is 15.8. The number of fused-ring (bicyclic) bond motifs is 1. The van der Waals surface area contributed by atoms with Gasteiger partial charge < -0.3 is 14.8 Å². The number of carbonyl (C=O) groups is 1. The van der Waals surface area contributed by atoms with E-state index < -0.39 is 0 Å². The minimum absolute atomic E-state index is 0.137. The summed E-state index contributed by atoms with van der Waals surface area (Å²) in [6.45, 7) is 1.86. The molecular formula is C27H24N2O3. The standard InChI is InChI=1S/C27H24N2O3/c30-17-21-14-25(29-24-12-5-4-11-23(21)24)27-16-28-15-26(32-27)20-9-6-10-22(13-20)31-18-19-7-2-1-3-8-19/h1-14,17,26-28H,15-16,18H2. The zero-order valence-corrected chi connectivity index (χ0v) is 17.6. The Balaban J connectivity index is 1.34. The smallest absolute Gasteiger partial charge is 0.150 e. The predicted molar refractivity (Wildman–Crippen MR) is 124 cm³/mol. The minimum Gasteiger partial charge on any atom is -0.489 e. The molecule has 0 amide bonds. The number of rotatable bonds is 6. The molecule has 5 nitrogen and oxygen atoms in total. The summed E-state index contributed by atoms with van der Waals surface area (Å²) in [4.78, 5) is 16.4. The Hall–Kier alpha value is -3.54. The number of aldehydes is 1. The molecule has 1 aromatic heterocycles. The third kappa shape index (κ3) is 4.40. The molecule has 4 aromatic rings. The van der Waals surface area contributed by atoms with Gasteiger partial charge in [-0.05, 0) is 35.4 Å². The zero-order chi connectivity index (χ0) is 21.8. The number of para-hydroxylation sites is 1. The summed E-state index contributed by atoms with van der Waals surface area (Å²) in [6.07, 6.45) is 0.502. The van der Waals surface area contributed by atoms with Gasteiger partial charge in [-0.3, -0.25) is 4.79 Å². The van der Waals surface area contributed by atoms with Gasteiger partial charge in [0.1, 0.15) is 18.5 Å². The molecule has 1 N–H and O–H groups in total. The van der Waals surface area contributed by atoms with Crippen LogP contribution in [0.5, 0.6) is 5.75 Å². The molecule has 0 bridgehead atoms. The summed E-state index contributed by atoms with van der Waals surface area (Å²) in [7, 11) is 0. The van der Waals surface area contributed by atoms with Crippen molar-refractivity contribution in [3.05, 3.63) is 107 Å². The molecule has 32 heavy (non-hydrogen) atoms. The quantitative estimate of drug-likeness (QED) is 0.440. The molecule has 5 heteroatoms. The van der Waals surface area contributed by atoms with Gasteiger partial charge in [0.05, 0.1) is 17.3 Å². The first kappa shape index (κ1) is 20.4. The van der Waals surface area contributed by atoms with E-state index in [1.165, 1.54) is 0 Å². The zero-order valence-electron chi connectivity index (χ0n) is 17.6. The van der Waals surface area contributed by atoms with Crippen molar-refractivity contribution in [3.63, 3.8) is 0 Å². The van der Waals surface area contributed by atoms with Crippen molar-refractivity contribution in [1.82, 2.24) is 10.3 Å². The van der Waals surface area contributed by atoms with Crippen LogP contribution in [0.2, 0.25) is 0 Å². The van der Waals surface area contributed by atoms with Crippen LogP contribution in [-0.4, -0.2) is 24.4 Å². The van der Waals surface area contributed by atoms with Gasteiger partial charge in [-0.2, -0.15) is 0 Å². The van der Waals surface area contributed by atoms with Crippen LogP contribution in [0.4, 0.5) is 0 Å². The SMILES string of the molecule is O=Cc1cc(C2CNCC(c3cccc(OCc4ccccc4)c3)O2)nc2ccccc12. The highest BCUT2D eigenvalue weighted by molar-refractivity contribution is 5.96. The van der Waals surface area contributed by atoms with Crippen LogP contribution in [0, 0.1) is 0 Å². The van der Waals surface area contributed by atoms with Gasteiger partial charge in [-0.25, -0.2) is 4.98 Å². The van der Waals surface area contributed by atoms with Gasteiger partial charge in [0.15, 0.2) is 6.29 Å². The maximum atomic E-state index is 11.6. The maximum Gasteiger partial charge on any atom is 0.150 e. The Morgan fingerprint density at radius 2 is 1.75 bits per heavy atom. The van der Waals surface area contributed by atoms with Crippen molar-refractivity contribution in [1.29, 1.82) is 0 Å². The number of hydrogen-bond acceptors (Lipinski definition) is 5. The van der Waals surface area contributed by atoms with Crippen LogP contribution >= 0.6 is 0 Å². The molecule has 2 heterocycles. The van der Waals surface area contributed by atoms with Crippen LogP contribution in [-0.2, 0) is 11.3 Å². The van der Waals surface area contributed by atoms with Crippen LogP contribution < -0.4 is 10.1 Å². The number of nitrogens with zero attached hydrogens (tertiary/aromatic N) is 1. The van der Waals surface area contributed by atoms with E-state index in [1.807, 2.05) is 78.9 Å². The fourth-order valence-corrected chi connectivity index (χ4v) is 4.04. The number of pyridine rings is 1. The van der Waals surface area contributed by atoms with Crippen molar-refractivity contribution < 1.29 is 14.3 Å². The van der Waals surface area contributed by atoms with Crippen LogP contribution in [0.3, 0.4) is 0 Å². The Morgan fingerprint density at radius 1 is 0.938 bits per heavy atom. The van der Waals surface area contributed by atoms with Gasteiger partial charge in [-0.15, -0.1) is 0 Å². The molecule has 0 saturated carbocycles. The van der Waals surface area contributed by atoms with Crippen LogP contribution in [0.1, 0.15) is 39.4 Å². The summed E-state index contributed by atoms with van der Waals surface area (Å²) in [5.74, 6) is 0.809. The molecular weight excluding hydrogens is 400 g/mol. The second kappa shape index (κ2) is 9.30. The summed E-state index contributed by atoms with van der Waals surface area (Å²) >= 11 is 0. The lowest BCUT2D eigenvalue weighted by Crippen LogP contribution is -2.36. The van der Waals surface area contributed by atoms with Crippen molar-refractivity contribution >= 4 is 17.2 Å². The Bertz CT molecular complexity index is 1230. The molecule has 5 rings (SSSR count). The lowest BCUT2D eigenvalue weighted by molar-refractivity contribution is -0.0426. The van der Waals surface area contributed by atoms with Gasteiger partial charge >= 0.3 is 0 Å². The van der Waals surface area contributed by atoms with E-state index in [4.69, 9.17) is 14.5 Å². The van der Waals surface area contributed by atoms with Gasteiger partial charge in [0, 0.05) is 24.0 Å². The largest absolute Gasteiger partial charge is 0.489 e. The highest BCUT2D eigenvalue weighted by Gasteiger charge is 2.26. The highest BCUT2D eigenvalue weighted by atomic mass is 16.5. The third-order valence-electron chi connectivity index (χ3n) is 5.69. The predicted octanol–water partition coefficient (Wildman–Crippen LogP) is 5.03. The maximum absolute atomic E-state index is 11.6. The average molecular weight is 425 g/mol. The van der Waals surface area contributed by atoms with E-state index in [2.05, 4.69) is 11.4 Å². The Kier molecular flexibility index (Phi) is 5.92. The average Bonchev–Trinajstić information content (AvgIpc) is 2.87. The molecule has 2 atom stereocenters. The molecule has 0 spiro atoms. The lowest BCUT2D eigenvalue weighted by atomic mass is 10.0. The first-order valence-corrected chi connectivity index (χ1v) is 10.8. The molecule has 3 aromatic carbocycles. The van der Waals surface area contributed by atoms with E-state index in [0.29, 0.717) is 25.3 Å². The van der Waals surface area contributed by atoms with Crippen molar-refractivity contribution in [2.45, 2.75) is 18.8 Å². The fourth-order valence-electron chi connectivity index (χ4n) is 4.04. The highest BCUT2D eigenvalue weighted by Crippen LogP contribution is 2.31. The molecule has 1 aliphatic heterocycles. The number of aromatic nitrogens is 1. The topological polar surface area (TPSA) is 60.5 Å². The fraction of sp³-hybridized carbons (Fsp3) is 0.185. The number of hydrogen-bond donors (Lipinski definition) is 1. The number of morpholine rings is 1. The second-order valence-electron chi connectivity index (χ2n) is 7.89. The van der Waals surface area contributed by atoms with E-state index in [9.17, 15) is 4.79 Å². The second-order valence-corrected chi connectivity index (χ2v) is 7.89. The van der Waals surface area contributed by atoms with Gasteiger partial charge in [0.2, 0.25) is 0 Å². The molecule has 0 radical (unpaired) electrons. The number of ether oxygens (including phenoxy) is 2. The van der Waals surface area contributed by atoms with E-state index >= 15 is 0 Å². The van der Waals surface area contributed by atoms with E-state index in [-0.39, 0.29) is 12.2 Å². The summed E-state index contributed by atoms with van der Waals surface area (Å²) < 4.78 is 12.4. The molecule has 1 aliphatic rings. The normalized spacial score (nSPS) is 18.4. The summed E-state index contributed by atoms with van der Waals surface area (Å²) in [5.41, 5.74) is 4.37. The number of benzene rings is 3. The minimum atomic E-state index is -0.244. The monoisotopic (exact) mass is 424 g/mol. The van der Waals surface area contributed by atoms with Crippen molar-refractivity contribution in [3.8, 4) is 5.75 Å². The Labute approximate surface area is 187 Å².